The molecule has 36 valence electrons. The maximum atomic E-state index is 5.15. The number of hydrogen-bond donors (Lipinski definition) is 0. The molecule has 0 saturated carbocycles. The van der Waals surface area contributed by atoms with Crippen molar-refractivity contribution < 1.29 is 4.84 Å². The third-order valence-electron chi connectivity index (χ3n) is 0.249. The molecule has 0 N–H and O–H groups in total. The molecule has 0 aromatic rings. The van der Waals surface area contributed by atoms with Gasteiger partial charge in [-0.3, -0.25) is 0 Å². The van der Waals surface area contributed by atoms with Crippen LogP contribution >= 0.6 is 11.6 Å². The lowest BCUT2D eigenvalue weighted by Crippen LogP contribution is -1.73. The Balaban J connectivity index is 2.73. The van der Waals surface area contributed by atoms with Gasteiger partial charge in [-0.2, -0.15) is 0 Å². The van der Waals surface area contributed by atoms with E-state index >= 15 is 0 Å². The van der Waals surface area contributed by atoms with Gasteiger partial charge in [0, 0.05) is 0 Å². The molecule has 2 nitrogen and oxygen atoms in total. The third-order valence-corrected chi connectivity index (χ3v) is 0.387. The van der Waals surface area contributed by atoms with Crippen LogP contribution in [0.25, 0.3) is 0 Å². The molecule has 6 heavy (non-hydrogen) atoms. The van der Waals surface area contributed by atoms with Gasteiger partial charge in [0.25, 0.3) is 0 Å². The molecule has 0 radical (unpaired) electrons. The van der Waals surface area contributed by atoms with Gasteiger partial charge in [-0.05, 0) is 0 Å². The van der Waals surface area contributed by atoms with Crippen LogP contribution in [0.5, 0.6) is 0 Å². The average molecular weight is 108 g/mol. The van der Waals surface area contributed by atoms with E-state index in [1.54, 1.807) is 0 Å². The highest BCUT2D eigenvalue weighted by Gasteiger charge is 1.61. The summed E-state index contributed by atoms with van der Waals surface area (Å²) in [6.45, 7) is 0. The summed E-state index contributed by atoms with van der Waals surface area (Å²) in [5, 5.41) is 3.33. The minimum atomic E-state index is 0.411. The second kappa shape index (κ2) is 4.76. The Bertz CT molecular complexity index is 40.1. The molecule has 0 rings (SSSR count). The zero-order valence-corrected chi connectivity index (χ0v) is 4.27. The number of rotatable bonds is 2. The van der Waals surface area contributed by atoms with E-state index in [1.165, 1.54) is 13.3 Å². The Morgan fingerprint density at radius 1 is 2.00 bits per heavy atom. The summed E-state index contributed by atoms with van der Waals surface area (Å²) in [7, 11) is 1.48. The van der Waals surface area contributed by atoms with Crippen molar-refractivity contribution in [2.45, 2.75) is 0 Å². The van der Waals surface area contributed by atoms with Crippen molar-refractivity contribution >= 4 is 17.8 Å². The highest BCUT2D eigenvalue weighted by atomic mass is 35.5. The largest absolute Gasteiger partial charge is 0.399 e. The second-order valence-corrected chi connectivity index (χ2v) is 0.933. The Labute approximate surface area is 41.7 Å². The van der Waals surface area contributed by atoms with Crippen molar-refractivity contribution in [3.8, 4) is 0 Å². The Hall–Kier alpha value is -0.240. The minimum absolute atomic E-state index is 0.411. The number of alkyl halides is 1. The molecule has 0 fully saturated rings. The van der Waals surface area contributed by atoms with E-state index in [9.17, 15) is 0 Å². The van der Waals surface area contributed by atoms with Crippen LogP contribution < -0.4 is 0 Å². The monoisotopic (exact) mass is 107 g/mol. The van der Waals surface area contributed by atoms with Gasteiger partial charge in [0.2, 0.25) is 0 Å². The van der Waals surface area contributed by atoms with Crippen LogP contribution in [-0.2, 0) is 4.84 Å². The molecule has 0 aromatic heterocycles. The number of hydrogen-bond acceptors (Lipinski definition) is 2. The van der Waals surface area contributed by atoms with Crippen LogP contribution in [0, 0.1) is 0 Å². The van der Waals surface area contributed by atoms with Crippen LogP contribution in [0.15, 0.2) is 5.16 Å². The van der Waals surface area contributed by atoms with Gasteiger partial charge in [0.15, 0.2) is 0 Å². The lowest BCUT2D eigenvalue weighted by molar-refractivity contribution is 0.215. The Morgan fingerprint density at radius 2 is 2.67 bits per heavy atom. The summed E-state index contributed by atoms with van der Waals surface area (Å²) in [6, 6.07) is 0. The molecule has 0 aromatic carbocycles. The molecule has 0 unspecified atom stereocenters. The molecule has 0 saturated heterocycles. The molecule has 0 spiro atoms. The first-order valence-corrected chi connectivity index (χ1v) is 2.06. The molecule has 0 aliphatic carbocycles. The quantitative estimate of drug-likeness (QED) is 0.291. The predicted molar refractivity (Wildman–Crippen MR) is 26.2 cm³/mol. The van der Waals surface area contributed by atoms with Gasteiger partial charge >= 0.3 is 0 Å². The normalized spacial score (nSPS) is 9.67. The molecule has 0 atom stereocenters. The summed E-state index contributed by atoms with van der Waals surface area (Å²) in [5.74, 6) is 0.411. The molecule has 0 bridgehead atoms. The van der Waals surface area contributed by atoms with E-state index in [2.05, 4.69) is 9.99 Å². The number of oxime groups is 1. The Morgan fingerprint density at radius 3 is 2.83 bits per heavy atom. The van der Waals surface area contributed by atoms with Gasteiger partial charge < -0.3 is 4.84 Å². The van der Waals surface area contributed by atoms with Gasteiger partial charge in [-0.1, -0.05) is 5.16 Å². The first-order chi connectivity index (χ1) is 2.91. The molecule has 0 aliphatic heterocycles. The molecular weight excluding hydrogens is 101 g/mol. The van der Waals surface area contributed by atoms with Crippen LogP contribution in [0.4, 0.5) is 0 Å². The molecule has 0 heterocycles. The summed E-state index contributed by atoms with van der Waals surface area (Å²) < 4.78 is 0. The first-order valence-electron chi connectivity index (χ1n) is 1.52. The Kier molecular flexibility index (Phi) is 4.57. The first kappa shape index (κ1) is 5.76. The lowest BCUT2D eigenvalue weighted by Gasteiger charge is -1.77. The van der Waals surface area contributed by atoms with E-state index < -0.39 is 0 Å². The molecular formula is C3H6ClNO. The summed E-state index contributed by atoms with van der Waals surface area (Å²) in [4.78, 5) is 4.27. The fourth-order valence-corrected chi connectivity index (χ4v) is 0.159. The molecule has 3 heteroatoms. The lowest BCUT2D eigenvalue weighted by atomic mass is 10.9. The number of halogens is 1. The molecule has 0 amide bonds. The fraction of sp³-hybridized carbons (Fsp3) is 0.667. The van der Waals surface area contributed by atoms with Crippen molar-refractivity contribution in [3.63, 3.8) is 0 Å². The van der Waals surface area contributed by atoms with E-state index in [0.29, 0.717) is 5.88 Å². The van der Waals surface area contributed by atoms with Crippen molar-refractivity contribution in [1.82, 2.24) is 0 Å². The topological polar surface area (TPSA) is 21.6 Å². The maximum absolute atomic E-state index is 5.15. The summed E-state index contributed by atoms with van der Waals surface area (Å²) in [6.07, 6.45) is 1.47. The second-order valence-electron chi connectivity index (χ2n) is 0.625. The van der Waals surface area contributed by atoms with Crippen LogP contribution in [0.2, 0.25) is 0 Å². The van der Waals surface area contributed by atoms with Crippen LogP contribution in [-0.4, -0.2) is 19.2 Å². The van der Waals surface area contributed by atoms with Crippen LogP contribution in [0.1, 0.15) is 0 Å². The summed E-state index contributed by atoms with van der Waals surface area (Å²) >= 11 is 5.15. The molecule has 0 aliphatic rings. The fourth-order valence-electron chi connectivity index (χ4n) is 0.103. The predicted octanol–water partition coefficient (Wildman–Crippen LogP) is 0.857. The van der Waals surface area contributed by atoms with E-state index in [1.807, 2.05) is 0 Å². The highest BCUT2D eigenvalue weighted by molar-refractivity contribution is 6.24. The zero-order chi connectivity index (χ0) is 4.83. The van der Waals surface area contributed by atoms with Gasteiger partial charge in [-0.15, -0.1) is 11.6 Å². The van der Waals surface area contributed by atoms with Crippen molar-refractivity contribution in [2.75, 3.05) is 13.0 Å². The zero-order valence-electron chi connectivity index (χ0n) is 3.52. The standard InChI is InChI=1S/C3H6ClNO/c1-6-5-3-2-4/h3H,2H2,1H3/b5-3+. The minimum Gasteiger partial charge on any atom is -0.399 e. The van der Waals surface area contributed by atoms with E-state index in [0.717, 1.165) is 0 Å². The van der Waals surface area contributed by atoms with Gasteiger partial charge in [0.05, 0.1) is 12.1 Å². The van der Waals surface area contributed by atoms with Gasteiger partial charge in [-0.25, -0.2) is 0 Å². The SMILES string of the molecule is CO/N=C/CCl. The van der Waals surface area contributed by atoms with Crippen molar-refractivity contribution in [1.29, 1.82) is 0 Å². The number of nitrogens with zero attached hydrogens (tertiary/aromatic N) is 1. The van der Waals surface area contributed by atoms with Crippen LogP contribution in [0.3, 0.4) is 0 Å². The summed E-state index contributed by atoms with van der Waals surface area (Å²) in [5.41, 5.74) is 0. The van der Waals surface area contributed by atoms with Crippen molar-refractivity contribution in [2.24, 2.45) is 5.16 Å². The maximum Gasteiger partial charge on any atom is 0.106 e. The highest BCUT2D eigenvalue weighted by Crippen LogP contribution is 1.67. The van der Waals surface area contributed by atoms with Crippen molar-refractivity contribution in [3.05, 3.63) is 0 Å². The average Bonchev–Trinajstić information content (AvgIpc) is 1.61. The third kappa shape index (κ3) is 3.76. The van der Waals surface area contributed by atoms with E-state index in [4.69, 9.17) is 11.6 Å². The smallest absolute Gasteiger partial charge is 0.106 e. The van der Waals surface area contributed by atoms with Gasteiger partial charge in [0.1, 0.15) is 7.11 Å². The van der Waals surface area contributed by atoms with E-state index in [-0.39, 0.29) is 0 Å².